The van der Waals surface area contributed by atoms with Gasteiger partial charge in [-0.05, 0) is 45.1 Å². The Kier molecular flexibility index (Phi) is 6.85. The number of carbonyl (C=O) groups excluding carboxylic acids is 2. The molecule has 0 aliphatic heterocycles. The van der Waals surface area contributed by atoms with E-state index in [1.165, 1.54) is 0 Å². The maximum absolute atomic E-state index is 12.3. The van der Waals surface area contributed by atoms with E-state index in [-0.39, 0.29) is 30.2 Å². The summed E-state index contributed by atoms with van der Waals surface area (Å²) < 4.78 is 16.2. The molecule has 0 N–H and O–H groups in total. The quantitative estimate of drug-likeness (QED) is 0.668. The molecule has 0 bridgehead atoms. The lowest BCUT2D eigenvalue weighted by atomic mass is 9.82. The monoisotopic (exact) mass is 385 g/mol. The van der Waals surface area contributed by atoms with E-state index < -0.39 is 0 Å². The van der Waals surface area contributed by atoms with E-state index >= 15 is 0 Å². The maximum atomic E-state index is 12.3. The van der Waals surface area contributed by atoms with Crippen LogP contribution in [0.1, 0.15) is 61.4 Å². The molecule has 28 heavy (non-hydrogen) atoms. The van der Waals surface area contributed by atoms with E-state index in [0.29, 0.717) is 30.6 Å². The number of rotatable bonds is 7. The number of oxazole rings is 1. The highest BCUT2D eigenvalue weighted by Crippen LogP contribution is 2.36. The van der Waals surface area contributed by atoms with Crippen molar-refractivity contribution in [3.8, 4) is 0 Å². The highest BCUT2D eigenvalue weighted by atomic mass is 16.5. The zero-order valence-electron chi connectivity index (χ0n) is 16.5. The summed E-state index contributed by atoms with van der Waals surface area (Å²) in [5.74, 6) is 0.993. The van der Waals surface area contributed by atoms with Gasteiger partial charge in [0.1, 0.15) is 12.4 Å². The lowest BCUT2D eigenvalue weighted by molar-refractivity contribution is -0.151. The van der Waals surface area contributed by atoms with E-state index in [4.69, 9.17) is 13.9 Å². The lowest BCUT2D eigenvalue weighted by Crippen LogP contribution is -2.23. The first-order chi connectivity index (χ1) is 13.6. The molecule has 6 nitrogen and oxygen atoms in total. The SMILES string of the molecule is CCOC(=O)Cc1nc(C2CCC(C(=O)OCc3ccccc3)CC2)oc1C. The van der Waals surface area contributed by atoms with Crippen molar-refractivity contribution in [1.29, 1.82) is 0 Å². The Morgan fingerprint density at radius 1 is 1.11 bits per heavy atom. The van der Waals surface area contributed by atoms with Gasteiger partial charge in [-0.2, -0.15) is 0 Å². The first-order valence-electron chi connectivity index (χ1n) is 9.89. The minimum atomic E-state index is -0.296. The second-order valence-corrected chi connectivity index (χ2v) is 7.18. The Morgan fingerprint density at radius 3 is 2.50 bits per heavy atom. The van der Waals surface area contributed by atoms with Crippen LogP contribution in [0.4, 0.5) is 0 Å². The zero-order valence-corrected chi connectivity index (χ0v) is 16.5. The van der Waals surface area contributed by atoms with Crippen LogP contribution in [0.2, 0.25) is 0 Å². The first kappa shape index (κ1) is 20.1. The number of aromatic nitrogens is 1. The van der Waals surface area contributed by atoms with Crippen LogP contribution in [0.3, 0.4) is 0 Å². The largest absolute Gasteiger partial charge is 0.466 e. The molecule has 0 amide bonds. The van der Waals surface area contributed by atoms with Gasteiger partial charge in [0.15, 0.2) is 5.89 Å². The van der Waals surface area contributed by atoms with Gasteiger partial charge < -0.3 is 13.9 Å². The number of carbonyl (C=O) groups is 2. The smallest absolute Gasteiger partial charge is 0.311 e. The van der Waals surface area contributed by atoms with Gasteiger partial charge >= 0.3 is 11.9 Å². The van der Waals surface area contributed by atoms with Crippen LogP contribution in [-0.2, 0) is 32.1 Å². The summed E-state index contributed by atoms with van der Waals surface area (Å²) in [6, 6.07) is 9.70. The number of hydrogen-bond acceptors (Lipinski definition) is 6. The van der Waals surface area contributed by atoms with E-state index in [2.05, 4.69) is 4.98 Å². The molecular formula is C22H27NO5. The molecule has 0 saturated heterocycles. The molecule has 1 aromatic carbocycles. The molecule has 2 aromatic rings. The van der Waals surface area contributed by atoms with E-state index in [1.54, 1.807) is 6.92 Å². The van der Waals surface area contributed by atoms with Gasteiger partial charge in [0, 0.05) is 5.92 Å². The van der Waals surface area contributed by atoms with Gasteiger partial charge in [-0.25, -0.2) is 4.98 Å². The predicted molar refractivity (Wildman–Crippen MR) is 103 cm³/mol. The fourth-order valence-corrected chi connectivity index (χ4v) is 3.56. The minimum Gasteiger partial charge on any atom is -0.466 e. The Bertz CT molecular complexity index is 791. The fourth-order valence-electron chi connectivity index (χ4n) is 3.56. The van der Waals surface area contributed by atoms with Crippen molar-refractivity contribution in [1.82, 2.24) is 4.98 Å². The standard InChI is InChI=1S/C22H27NO5/c1-3-26-20(24)13-19-15(2)28-21(23-19)17-9-11-18(12-10-17)22(25)27-14-16-7-5-4-6-8-16/h4-8,17-18H,3,9-14H2,1-2H3. The second-order valence-electron chi connectivity index (χ2n) is 7.18. The summed E-state index contributed by atoms with van der Waals surface area (Å²) in [4.78, 5) is 28.5. The number of ether oxygens (including phenoxy) is 2. The van der Waals surface area contributed by atoms with Crippen LogP contribution < -0.4 is 0 Å². The minimum absolute atomic E-state index is 0.0741. The first-order valence-corrected chi connectivity index (χ1v) is 9.89. The summed E-state index contributed by atoms with van der Waals surface area (Å²) in [6.07, 6.45) is 3.29. The topological polar surface area (TPSA) is 78.6 Å². The van der Waals surface area contributed by atoms with E-state index in [1.807, 2.05) is 37.3 Å². The van der Waals surface area contributed by atoms with Crippen LogP contribution in [0.5, 0.6) is 0 Å². The molecule has 1 aromatic heterocycles. The number of aryl methyl sites for hydroxylation is 1. The number of nitrogens with zero attached hydrogens (tertiary/aromatic N) is 1. The third-order valence-corrected chi connectivity index (χ3v) is 5.16. The molecule has 6 heteroatoms. The Labute approximate surface area is 165 Å². The number of esters is 2. The Hall–Kier alpha value is -2.63. The highest BCUT2D eigenvalue weighted by molar-refractivity contribution is 5.73. The molecule has 3 rings (SSSR count). The molecule has 0 spiro atoms. The Balaban J connectivity index is 1.49. The zero-order chi connectivity index (χ0) is 19.9. The van der Waals surface area contributed by atoms with Gasteiger partial charge in [-0.15, -0.1) is 0 Å². The van der Waals surface area contributed by atoms with Crippen molar-refractivity contribution in [3.63, 3.8) is 0 Å². The molecule has 0 radical (unpaired) electrons. The number of benzene rings is 1. The van der Waals surface area contributed by atoms with Crippen LogP contribution in [0.25, 0.3) is 0 Å². The third kappa shape index (κ3) is 5.21. The lowest BCUT2D eigenvalue weighted by Gasteiger charge is -2.25. The molecule has 1 aliphatic rings. The van der Waals surface area contributed by atoms with Crippen LogP contribution >= 0.6 is 0 Å². The third-order valence-electron chi connectivity index (χ3n) is 5.16. The average Bonchev–Trinajstić information content (AvgIpc) is 3.07. The summed E-state index contributed by atoms with van der Waals surface area (Å²) in [7, 11) is 0. The average molecular weight is 385 g/mol. The van der Waals surface area contributed by atoms with Gasteiger partial charge in [0.25, 0.3) is 0 Å². The van der Waals surface area contributed by atoms with Crippen molar-refractivity contribution in [2.75, 3.05) is 6.61 Å². The van der Waals surface area contributed by atoms with Crippen LogP contribution in [-0.4, -0.2) is 23.5 Å². The van der Waals surface area contributed by atoms with Gasteiger partial charge in [0.05, 0.1) is 24.6 Å². The summed E-state index contributed by atoms with van der Waals surface area (Å²) >= 11 is 0. The van der Waals surface area contributed by atoms with Gasteiger partial charge in [-0.1, -0.05) is 30.3 Å². The van der Waals surface area contributed by atoms with Crippen molar-refractivity contribution >= 4 is 11.9 Å². The second kappa shape index (κ2) is 9.53. The van der Waals surface area contributed by atoms with Crippen molar-refractivity contribution in [2.45, 2.75) is 58.5 Å². The van der Waals surface area contributed by atoms with E-state index in [9.17, 15) is 9.59 Å². The predicted octanol–water partition coefficient (Wildman–Crippen LogP) is 4.11. The summed E-state index contributed by atoms with van der Waals surface area (Å²) in [6.45, 7) is 4.27. The fraction of sp³-hybridized carbons (Fsp3) is 0.500. The highest BCUT2D eigenvalue weighted by Gasteiger charge is 2.31. The molecule has 150 valence electrons. The normalized spacial score (nSPS) is 19.2. The van der Waals surface area contributed by atoms with Crippen molar-refractivity contribution in [3.05, 3.63) is 53.2 Å². The van der Waals surface area contributed by atoms with E-state index in [0.717, 1.165) is 31.2 Å². The maximum Gasteiger partial charge on any atom is 0.311 e. The van der Waals surface area contributed by atoms with Crippen LogP contribution in [0, 0.1) is 12.8 Å². The van der Waals surface area contributed by atoms with Crippen LogP contribution in [0.15, 0.2) is 34.7 Å². The Morgan fingerprint density at radius 2 is 1.82 bits per heavy atom. The molecule has 1 aliphatic carbocycles. The summed E-state index contributed by atoms with van der Waals surface area (Å²) in [5.41, 5.74) is 1.63. The van der Waals surface area contributed by atoms with Gasteiger partial charge in [0.2, 0.25) is 0 Å². The molecule has 1 saturated carbocycles. The molecule has 1 fully saturated rings. The summed E-state index contributed by atoms with van der Waals surface area (Å²) in [5, 5.41) is 0. The molecular weight excluding hydrogens is 358 g/mol. The van der Waals surface area contributed by atoms with Crippen molar-refractivity contribution in [2.24, 2.45) is 5.92 Å². The van der Waals surface area contributed by atoms with Gasteiger partial charge in [-0.3, -0.25) is 9.59 Å². The number of hydrogen-bond donors (Lipinski definition) is 0. The molecule has 0 unspecified atom stereocenters. The molecule has 0 atom stereocenters. The molecule has 1 heterocycles. The van der Waals surface area contributed by atoms with Crippen molar-refractivity contribution < 1.29 is 23.5 Å².